The number of imide groups is 1. The van der Waals surface area contributed by atoms with E-state index in [1.165, 1.54) is 49.5 Å². The van der Waals surface area contributed by atoms with E-state index in [4.69, 9.17) is 4.74 Å². The molecule has 0 spiro atoms. The van der Waals surface area contributed by atoms with E-state index in [0.717, 1.165) is 16.7 Å². The van der Waals surface area contributed by atoms with Crippen LogP contribution in [0.2, 0.25) is 0 Å². The number of carbonyl (C=O) groups excluding carboxylic acids is 3. The maximum Gasteiger partial charge on any atom is 0.338 e. The van der Waals surface area contributed by atoms with Crippen LogP contribution in [0.15, 0.2) is 47.6 Å². The summed E-state index contributed by atoms with van der Waals surface area (Å²) in [6.07, 6.45) is 1.37. The summed E-state index contributed by atoms with van der Waals surface area (Å²) in [7, 11) is 0. The molecular formula is C18H14N2O6S. The van der Waals surface area contributed by atoms with Crippen molar-refractivity contribution in [2.45, 2.75) is 23.6 Å². The molecule has 9 heteroatoms. The molecule has 1 N–H and O–H groups in total. The third-order valence-electron chi connectivity index (χ3n) is 3.72. The van der Waals surface area contributed by atoms with E-state index in [9.17, 15) is 24.3 Å². The van der Waals surface area contributed by atoms with Gasteiger partial charge in [-0.1, -0.05) is 11.8 Å². The summed E-state index contributed by atoms with van der Waals surface area (Å²) in [6.45, 7) is 1.27. The molecule has 138 valence electrons. The number of aromatic carboxylic acids is 1. The Morgan fingerprint density at radius 3 is 2.56 bits per heavy atom. The van der Waals surface area contributed by atoms with Crippen LogP contribution in [0.25, 0.3) is 0 Å². The molecule has 8 nitrogen and oxygen atoms in total. The second-order valence-electron chi connectivity index (χ2n) is 5.63. The maximum absolute atomic E-state index is 12.7. The molecule has 1 aromatic carbocycles. The van der Waals surface area contributed by atoms with Gasteiger partial charge in [0.1, 0.15) is 10.8 Å². The van der Waals surface area contributed by atoms with E-state index in [1.807, 2.05) is 0 Å². The first kappa shape index (κ1) is 18.6. The number of thioether (sulfide) groups is 1. The van der Waals surface area contributed by atoms with Crippen LogP contribution in [0.1, 0.15) is 23.7 Å². The van der Waals surface area contributed by atoms with Crippen LogP contribution in [0, 0.1) is 0 Å². The largest absolute Gasteiger partial charge is 0.478 e. The average Bonchev–Trinajstić information content (AvgIpc) is 2.89. The molecule has 3 rings (SSSR count). The predicted molar refractivity (Wildman–Crippen MR) is 95.7 cm³/mol. The number of aromatic nitrogens is 1. The summed E-state index contributed by atoms with van der Waals surface area (Å²) in [4.78, 5) is 52.3. The number of amides is 2. The van der Waals surface area contributed by atoms with Gasteiger partial charge in [0.2, 0.25) is 11.8 Å². The topological polar surface area (TPSA) is 114 Å². The van der Waals surface area contributed by atoms with Crippen molar-refractivity contribution in [2.75, 3.05) is 4.90 Å². The lowest BCUT2D eigenvalue weighted by atomic mass is 10.3. The average molecular weight is 386 g/mol. The van der Waals surface area contributed by atoms with E-state index in [2.05, 4.69) is 4.98 Å². The zero-order chi connectivity index (χ0) is 19.6. The molecule has 1 aliphatic heterocycles. The van der Waals surface area contributed by atoms with Crippen LogP contribution in [0.3, 0.4) is 0 Å². The van der Waals surface area contributed by atoms with Crippen LogP contribution in [0.5, 0.6) is 5.75 Å². The number of esters is 1. The van der Waals surface area contributed by atoms with Gasteiger partial charge < -0.3 is 9.84 Å². The quantitative estimate of drug-likeness (QED) is 0.472. The Balaban J connectivity index is 1.79. The van der Waals surface area contributed by atoms with Gasteiger partial charge in [-0.3, -0.25) is 14.4 Å². The Kier molecular flexibility index (Phi) is 5.22. The summed E-state index contributed by atoms with van der Waals surface area (Å²) in [5, 5.41) is 8.64. The molecule has 0 unspecified atom stereocenters. The molecule has 2 heterocycles. The summed E-state index contributed by atoms with van der Waals surface area (Å²) in [6, 6.07) is 8.86. The monoisotopic (exact) mass is 386 g/mol. The standard InChI is InChI=1S/C18H14N2O6S/c1-10(21)26-12-6-4-11(5-7-12)20-15(22)9-14(17(20)23)27-16-13(18(24)25)3-2-8-19-16/h2-8,14H,9H2,1H3,(H,24,25)/t14-/m0/s1. The number of ether oxygens (including phenoxy) is 1. The highest BCUT2D eigenvalue weighted by Crippen LogP contribution is 2.34. The number of anilines is 1. The number of nitrogens with zero attached hydrogens (tertiary/aromatic N) is 2. The molecule has 1 atom stereocenters. The van der Waals surface area contributed by atoms with Crippen LogP contribution >= 0.6 is 11.8 Å². The first-order chi connectivity index (χ1) is 12.9. The normalized spacial score (nSPS) is 16.5. The SMILES string of the molecule is CC(=O)Oc1ccc(N2C(=O)C[C@H](Sc3ncccc3C(=O)O)C2=O)cc1. The third kappa shape index (κ3) is 3.98. The van der Waals surface area contributed by atoms with E-state index < -0.39 is 29.0 Å². The number of carboxylic acid groups (broad SMARTS) is 1. The van der Waals surface area contributed by atoms with E-state index in [0.29, 0.717) is 11.4 Å². The molecule has 27 heavy (non-hydrogen) atoms. The summed E-state index contributed by atoms with van der Waals surface area (Å²) in [5.41, 5.74) is 0.329. The Morgan fingerprint density at radius 2 is 1.93 bits per heavy atom. The molecule has 2 amide bonds. The van der Waals surface area contributed by atoms with Gasteiger partial charge in [-0.25, -0.2) is 14.7 Å². The van der Waals surface area contributed by atoms with Gasteiger partial charge in [-0.2, -0.15) is 0 Å². The van der Waals surface area contributed by atoms with Gasteiger partial charge in [0, 0.05) is 19.5 Å². The number of carboxylic acids is 1. The Bertz CT molecular complexity index is 928. The fourth-order valence-corrected chi connectivity index (χ4v) is 3.68. The minimum Gasteiger partial charge on any atom is -0.478 e. The fraction of sp³-hybridized carbons (Fsp3) is 0.167. The van der Waals surface area contributed by atoms with E-state index in [-0.39, 0.29) is 17.0 Å². The molecule has 2 aromatic rings. The number of hydrogen-bond acceptors (Lipinski definition) is 7. The van der Waals surface area contributed by atoms with Gasteiger partial charge in [0.15, 0.2) is 0 Å². The highest BCUT2D eigenvalue weighted by Gasteiger charge is 2.40. The van der Waals surface area contributed by atoms with Crippen molar-refractivity contribution in [3.05, 3.63) is 48.2 Å². The molecule has 0 saturated carbocycles. The van der Waals surface area contributed by atoms with E-state index in [1.54, 1.807) is 0 Å². The third-order valence-corrected chi connectivity index (χ3v) is 4.92. The lowest BCUT2D eigenvalue weighted by Gasteiger charge is -2.15. The number of hydrogen-bond donors (Lipinski definition) is 1. The Morgan fingerprint density at radius 1 is 1.22 bits per heavy atom. The smallest absolute Gasteiger partial charge is 0.338 e. The van der Waals surface area contributed by atoms with Crippen molar-refractivity contribution in [1.29, 1.82) is 0 Å². The molecule has 1 aromatic heterocycles. The molecule has 0 radical (unpaired) electrons. The summed E-state index contributed by atoms with van der Waals surface area (Å²) < 4.78 is 4.93. The van der Waals surface area contributed by atoms with Crippen LogP contribution in [-0.2, 0) is 14.4 Å². The maximum atomic E-state index is 12.7. The highest BCUT2D eigenvalue weighted by atomic mass is 32.2. The van der Waals surface area contributed by atoms with Crippen LogP contribution in [-0.4, -0.2) is 39.1 Å². The molecular weight excluding hydrogens is 372 g/mol. The van der Waals surface area contributed by atoms with Crippen molar-refractivity contribution in [2.24, 2.45) is 0 Å². The number of benzene rings is 1. The number of pyridine rings is 1. The Hall–Kier alpha value is -3.20. The molecule has 0 bridgehead atoms. The van der Waals surface area contributed by atoms with Crippen LogP contribution < -0.4 is 9.64 Å². The first-order valence-electron chi connectivity index (χ1n) is 7.87. The van der Waals surface area contributed by atoms with Gasteiger partial charge in [-0.05, 0) is 36.4 Å². The highest BCUT2D eigenvalue weighted by molar-refractivity contribution is 8.00. The molecule has 0 aliphatic carbocycles. The second kappa shape index (κ2) is 7.58. The molecule has 1 saturated heterocycles. The lowest BCUT2D eigenvalue weighted by molar-refractivity contribution is -0.132. The Labute approximate surface area is 158 Å². The van der Waals surface area contributed by atoms with Crippen molar-refractivity contribution in [3.8, 4) is 5.75 Å². The van der Waals surface area contributed by atoms with Crippen molar-refractivity contribution >= 4 is 41.2 Å². The predicted octanol–water partition coefficient (Wildman–Crippen LogP) is 2.13. The minimum atomic E-state index is -1.15. The van der Waals surface area contributed by atoms with Gasteiger partial charge in [-0.15, -0.1) is 0 Å². The van der Waals surface area contributed by atoms with Gasteiger partial charge in [0.25, 0.3) is 0 Å². The zero-order valence-corrected chi connectivity index (χ0v) is 14.9. The van der Waals surface area contributed by atoms with Crippen molar-refractivity contribution in [3.63, 3.8) is 0 Å². The molecule has 1 fully saturated rings. The van der Waals surface area contributed by atoms with E-state index >= 15 is 0 Å². The number of carbonyl (C=O) groups is 4. The van der Waals surface area contributed by atoms with Crippen molar-refractivity contribution in [1.82, 2.24) is 4.98 Å². The lowest BCUT2D eigenvalue weighted by Crippen LogP contribution is -2.31. The number of rotatable bonds is 5. The zero-order valence-electron chi connectivity index (χ0n) is 14.1. The minimum absolute atomic E-state index is 0.0214. The molecule has 1 aliphatic rings. The van der Waals surface area contributed by atoms with Gasteiger partial charge >= 0.3 is 11.9 Å². The summed E-state index contributed by atoms with van der Waals surface area (Å²) in [5.74, 6) is -2.17. The second-order valence-corrected chi connectivity index (χ2v) is 6.82. The van der Waals surface area contributed by atoms with Crippen LogP contribution in [0.4, 0.5) is 5.69 Å². The van der Waals surface area contributed by atoms with Gasteiger partial charge in [0.05, 0.1) is 16.5 Å². The first-order valence-corrected chi connectivity index (χ1v) is 8.75. The van der Waals surface area contributed by atoms with Crippen molar-refractivity contribution < 1.29 is 29.0 Å². The summed E-state index contributed by atoms with van der Waals surface area (Å²) >= 11 is 0.955. The fourth-order valence-electron chi connectivity index (χ4n) is 2.58.